The number of carbonyl (C=O) groups excluding carboxylic acids is 2. The van der Waals surface area contributed by atoms with E-state index >= 15 is 0 Å². The molecule has 7 heteroatoms. The second-order valence-corrected chi connectivity index (χ2v) is 8.15. The number of thiazole rings is 1. The number of aromatic amines is 1. The lowest BCUT2D eigenvalue weighted by molar-refractivity contribution is -0.907. The van der Waals surface area contributed by atoms with Gasteiger partial charge in [0, 0.05) is 5.69 Å². The van der Waals surface area contributed by atoms with Crippen molar-refractivity contribution in [2.24, 2.45) is 0 Å². The number of para-hydroxylation sites is 1. The summed E-state index contributed by atoms with van der Waals surface area (Å²) in [6, 6.07) is 7.76. The molecule has 0 aliphatic heterocycles. The predicted molar refractivity (Wildman–Crippen MR) is 110 cm³/mol. The highest BCUT2D eigenvalue weighted by atomic mass is 32.1. The maximum absolute atomic E-state index is 13.1. The number of nitrogens with zero attached hydrogens (tertiary/aromatic N) is 1. The van der Waals surface area contributed by atoms with E-state index in [4.69, 9.17) is 4.74 Å². The van der Waals surface area contributed by atoms with Crippen LogP contribution in [0, 0.1) is 13.8 Å². The van der Waals surface area contributed by atoms with Crippen LogP contribution in [0.3, 0.4) is 0 Å². The fraction of sp³-hybridized carbons (Fsp3) is 0.381. The maximum Gasteiger partial charge on any atom is 0.340 e. The Bertz CT molecular complexity index is 988. The predicted octanol–water partition coefficient (Wildman–Crippen LogP) is 2.70. The average molecular weight is 401 g/mol. The molecular formula is C21H26N3O3S+. The van der Waals surface area contributed by atoms with Gasteiger partial charge in [0.15, 0.2) is 6.04 Å². The first-order valence-electron chi connectivity index (χ1n) is 9.40. The molecule has 3 aromatic rings. The average Bonchev–Trinajstić information content (AvgIpc) is 3.20. The SMILES string of the molecule is CCOC(=O)c1c(C)[nH]c(C(=O)[C@@H](C)[NH+](C)Cc2nc3ccccc3s2)c1C. The molecule has 0 spiro atoms. The number of aromatic nitrogens is 2. The number of ether oxygens (including phenoxy) is 1. The Morgan fingerprint density at radius 1 is 1.29 bits per heavy atom. The van der Waals surface area contributed by atoms with E-state index in [0.29, 0.717) is 35.7 Å². The largest absolute Gasteiger partial charge is 0.462 e. The standard InChI is InChI=1S/C21H25N3O3S/c1-6-27-21(26)18-12(2)19(22-13(18)3)20(25)14(4)24(5)11-17-23-15-9-7-8-10-16(15)28-17/h7-10,14,22H,6,11H2,1-5H3/p+1/t14-/m1/s1. The van der Waals surface area contributed by atoms with Gasteiger partial charge in [0.1, 0.15) is 11.6 Å². The molecule has 3 rings (SSSR count). The van der Waals surface area contributed by atoms with E-state index in [0.717, 1.165) is 20.1 Å². The van der Waals surface area contributed by atoms with Gasteiger partial charge >= 0.3 is 5.97 Å². The van der Waals surface area contributed by atoms with Crippen molar-refractivity contribution in [2.75, 3.05) is 13.7 Å². The Labute approximate surface area is 168 Å². The third-order valence-corrected chi connectivity index (χ3v) is 6.10. The molecule has 0 saturated carbocycles. The number of aryl methyl sites for hydroxylation is 1. The van der Waals surface area contributed by atoms with E-state index in [2.05, 4.69) is 16.0 Å². The summed E-state index contributed by atoms with van der Waals surface area (Å²) in [7, 11) is 1.99. The molecule has 2 aromatic heterocycles. The number of benzene rings is 1. The Morgan fingerprint density at radius 2 is 2.00 bits per heavy atom. The van der Waals surface area contributed by atoms with Crippen LogP contribution in [0.1, 0.15) is 51.0 Å². The monoisotopic (exact) mass is 400 g/mol. The van der Waals surface area contributed by atoms with E-state index < -0.39 is 5.97 Å². The Kier molecular flexibility index (Phi) is 5.96. The van der Waals surface area contributed by atoms with Gasteiger partial charge in [-0.1, -0.05) is 12.1 Å². The van der Waals surface area contributed by atoms with E-state index in [-0.39, 0.29) is 11.8 Å². The first-order valence-corrected chi connectivity index (χ1v) is 10.2. The number of carbonyl (C=O) groups is 2. The summed E-state index contributed by atoms with van der Waals surface area (Å²) in [5.41, 5.74) is 3.25. The minimum Gasteiger partial charge on any atom is -0.462 e. The number of hydrogen-bond donors (Lipinski definition) is 2. The van der Waals surface area contributed by atoms with Crippen LogP contribution in [0.25, 0.3) is 10.2 Å². The van der Waals surface area contributed by atoms with Gasteiger partial charge in [-0.05, 0) is 45.4 Å². The van der Waals surface area contributed by atoms with E-state index in [1.165, 1.54) is 0 Å². The van der Waals surface area contributed by atoms with Gasteiger partial charge in [0.05, 0.1) is 35.1 Å². The molecule has 2 heterocycles. The Morgan fingerprint density at radius 3 is 2.68 bits per heavy atom. The summed E-state index contributed by atoms with van der Waals surface area (Å²) in [6.07, 6.45) is 0. The zero-order valence-corrected chi connectivity index (χ0v) is 17.7. The van der Waals surface area contributed by atoms with Gasteiger partial charge in [-0.25, -0.2) is 9.78 Å². The number of esters is 1. The quantitative estimate of drug-likeness (QED) is 0.472. The fourth-order valence-corrected chi connectivity index (χ4v) is 4.40. The summed E-state index contributed by atoms with van der Waals surface area (Å²) in [5.74, 6) is -0.412. The van der Waals surface area contributed by atoms with Crippen LogP contribution in [0.4, 0.5) is 0 Å². The van der Waals surface area contributed by atoms with Gasteiger partial charge in [0.25, 0.3) is 0 Å². The lowest BCUT2D eigenvalue weighted by Gasteiger charge is -2.19. The van der Waals surface area contributed by atoms with Crippen LogP contribution >= 0.6 is 11.3 Å². The van der Waals surface area contributed by atoms with Crippen molar-refractivity contribution in [3.8, 4) is 0 Å². The highest BCUT2D eigenvalue weighted by molar-refractivity contribution is 7.18. The topological polar surface area (TPSA) is 76.5 Å². The molecule has 0 bridgehead atoms. The molecule has 28 heavy (non-hydrogen) atoms. The van der Waals surface area contributed by atoms with Crippen LogP contribution in [0.15, 0.2) is 24.3 Å². The normalized spacial score (nSPS) is 13.5. The third-order valence-electron chi connectivity index (χ3n) is 5.06. The van der Waals surface area contributed by atoms with Crippen LogP contribution < -0.4 is 4.90 Å². The molecular weight excluding hydrogens is 374 g/mol. The zero-order valence-electron chi connectivity index (χ0n) is 16.9. The van der Waals surface area contributed by atoms with Crippen molar-refractivity contribution in [2.45, 2.75) is 40.3 Å². The van der Waals surface area contributed by atoms with Crippen molar-refractivity contribution < 1.29 is 19.2 Å². The fourth-order valence-electron chi connectivity index (χ4n) is 3.33. The number of likely N-dealkylation sites (N-methyl/N-ethyl adjacent to an activating group) is 1. The molecule has 1 unspecified atom stereocenters. The van der Waals surface area contributed by atoms with Gasteiger partial charge in [0.2, 0.25) is 5.78 Å². The van der Waals surface area contributed by atoms with Crippen LogP contribution in [0.5, 0.6) is 0 Å². The smallest absolute Gasteiger partial charge is 0.340 e. The summed E-state index contributed by atoms with van der Waals surface area (Å²) >= 11 is 1.66. The Hall–Kier alpha value is -2.51. The second-order valence-electron chi connectivity index (χ2n) is 7.03. The van der Waals surface area contributed by atoms with Crippen molar-refractivity contribution >= 4 is 33.3 Å². The number of hydrogen-bond acceptors (Lipinski definition) is 5. The van der Waals surface area contributed by atoms with Gasteiger partial charge in [-0.2, -0.15) is 0 Å². The summed E-state index contributed by atoms with van der Waals surface area (Å²) in [6.45, 7) is 8.22. The number of rotatable bonds is 7. The third kappa shape index (κ3) is 3.86. The van der Waals surface area contributed by atoms with Gasteiger partial charge < -0.3 is 14.6 Å². The first-order chi connectivity index (χ1) is 13.3. The molecule has 6 nitrogen and oxygen atoms in total. The van der Waals surface area contributed by atoms with Crippen molar-refractivity contribution in [1.82, 2.24) is 9.97 Å². The van der Waals surface area contributed by atoms with Crippen LogP contribution in [-0.2, 0) is 11.3 Å². The molecule has 1 aromatic carbocycles. The molecule has 0 aliphatic carbocycles. The van der Waals surface area contributed by atoms with E-state index in [9.17, 15) is 9.59 Å². The van der Waals surface area contributed by atoms with Gasteiger partial charge in [-0.3, -0.25) is 4.79 Å². The van der Waals surface area contributed by atoms with Crippen molar-refractivity contribution in [1.29, 1.82) is 0 Å². The first kappa shape index (κ1) is 20.2. The molecule has 0 fully saturated rings. The number of nitrogens with one attached hydrogen (secondary N) is 2. The molecule has 0 radical (unpaired) electrons. The zero-order chi connectivity index (χ0) is 20.4. The molecule has 0 saturated heterocycles. The van der Waals surface area contributed by atoms with Crippen LogP contribution in [-0.4, -0.2) is 41.4 Å². The highest BCUT2D eigenvalue weighted by Crippen LogP contribution is 2.22. The van der Waals surface area contributed by atoms with Crippen molar-refractivity contribution in [3.63, 3.8) is 0 Å². The van der Waals surface area contributed by atoms with E-state index in [1.54, 1.807) is 32.1 Å². The number of quaternary nitrogens is 1. The number of ketones is 1. The molecule has 0 aliphatic rings. The highest BCUT2D eigenvalue weighted by Gasteiger charge is 2.30. The number of H-pyrrole nitrogens is 1. The lowest BCUT2D eigenvalue weighted by Crippen LogP contribution is -3.12. The minimum atomic E-state index is -0.393. The summed E-state index contributed by atoms with van der Waals surface area (Å²) in [5, 5.41) is 1.00. The number of fused-ring (bicyclic) bond motifs is 1. The summed E-state index contributed by atoms with van der Waals surface area (Å²) in [4.78, 5) is 34.1. The molecule has 0 amide bonds. The number of Topliss-reactive ketones (excluding diaryl/α,β-unsaturated/α-hetero) is 1. The lowest BCUT2D eigenvalue weighted by atomic mass is 10.0. The van der Waals surface area contributed by atoms with Crippen LogP contribution in [0.2, 0.25) is 0 Å². The Balaban J connectivity index is 1.78. The summed E-state index contributed by atoms with van der Waals surface area (Å²) < 4.78 is 6.27. The minimum absolute atomic E-state index is 0.0187. The molecule has 148 valence electrons. The van der Waals surface area contributed by atoms with Crippen molar-refractivity contribution in [3.05, 3.63) is 51.8 Å². The van der Waals surface area contributed by atoms with E-state index in [1.807, 2.05) is 32.2 Å². The van der Waals surface area contributed by atoms with Gasteiger partial charge in [-0.15, -0.1) is 11.3 Å². The molecule has 2 atom stereocenters. The second kappa shape index (κ2) is 8.24. The maximum atomic E-state index is 13.1. The molecule has 2 N–H and O–H groups in total.